The molecule has 0 fully saturated rings. The van der Waals surface area contributed by atoms with Gasteiger partial charge in [-0.15, -0.1) is 0 Å². The fraction of sp³-hybridized carbons (Fsp3) is 0.533. The van der Waals surface area contributed by atoms with E-state index in [2.05, 4.69) is 31.7 Å². The average Bonchev–Trinajstić information content (AvgIpc) is 2.39. The van der Waals surface area contributed by atoms with Crippen molar-refractivity contribution < 1.29 is 0 Å². The van der Waals surface area contributed by atoms with E-state index in [4.69, 9.17) is 11.1 Å². The SMILES string of the molecule is CCCCN(c1ccccc1C(=N)N)C(C)CC. The molecule has 0 amide bonds. The minimum atomic E-state index is 0.149. The van der Waals surface area contributed by atoms with Gasteiger partial charge in [-0.05, 0) is 31.9 Å². The Balaban J connectivity index is 3.07. The molecule has 0 aliphatic carbocycles. The van der Waals surface area contributed by atoms with Crippen LogP contribution in [-0.2, 0) is 0 Å². The molecule has 1 rings (SSSR count). The molecule has 3 N–H and O–H groups in total. The zero-order valence-electron chi connectivity index (χ0n) is 11.7. The Kier molecular flexibility index (Phi) is 5.69. The van der Waals surface area contributed by atoms with Gasteiger partial charge in [0.25, 0.3) is 0 Å². The lowest BCUT2D eigenvalue weighted by molar-refractivity contribution is 0.595. The summed E-state index contributed by atoms with van der Waals surface area (Å²) in [5.74, 6) is 0.149. The number of unbranched alkanes of at least 4 members (excludes halogenated alkanes) is 1. The second-order valence-electron chi connectivity index (χ2n) is 4.74. The van der Waals surface area contributed by atoms with Crippen LogP contribution in [0, 0.1) is 5.41 Å². The van der Waals surface area contributed by atoms with Crippen LogP contribution in [0.25, 0.3) is 0 Å². The highest BCUT2D eigenvalue weighted by molar-refractivity contribution is 6.00. The molecule has 3 heteroatoms. The Bertz CT molecular complexity index is 387. The Labute approximate surface area is 111 Å². The summed E-state index contributed by atoms with van der Waals surface area (Å²) < 4.78 is 0. The first-order chi connectivity index (χ1) is 8.61. The largest absolute Gasteiger partial charge is 0.384 e. The summed E-state index contributed by atoms with van der Waals surface area (Å²) in [6.07, 6.45) is 3.43. The number of nitrogens with one attached hydrogen (secondary N) is 1. The lowest BCUT2D eigenvalue weighted by atomic mass is 10.1. The number of hydrogen-bond acceptors (Lipinski definition) is 2. The molecule has 0 heterocycles. The van der Waals surface area contributed by atoms with Crippen molar-refractivity contribution in [2.24, 2.45) is 5.73 Å². The van der Waals surface area contributed by atoms with Crippen LogP contribution in [0.2, 0.25) is 0 Å². The molecule has 0 saturated carbocycles. The third kappa shape index (κ3) is 3.49. The molecule has 0 aliphatic rings. The Morgan fingerprint density at radius 2 is 2.00 bits per heavy atom. The quantitative estimate of drug-likeness (QED) is 0.573. The van der Waals surface area contributed by atoms with Crippen molar-refractivity contribution in [1.29, 1.82) is 5.41 Å². The van der Waals surface area contributed by atoms with Crippen LogP contribution in [0.3, 0.4) is 0 Å². The maximum atomic E-state index is 7.70. The summed E-state index contributed by atoms with van der Waals surface area (Å²) in [6, 6.07) is 8.42. The van der Waals surface area contributed by atoms with E-state index in [1.54, 1.807) is 0 Å². The number of nitrogens with zero attached hydrogens (tertiary/aromatic N) is 1. The first kappa shape index (κ1) is 14.6. The van der Waals surface area contributed by atoms with Crippen LogP contribution >= 0.6 is 0 Å². The molecule has 0 aromatic heterocycles. The highest BCUT2D eigenvalue weighted by Crippen LogP contribution is 2.23. The number of nitrogens with two attached hydrogens (primary N) is 1. The minimum absolute atomic E-state index is 0.149. The average molecular weight is 247 g/mol. The first-order valence-electron chi connectivity index (χ1n) is 6.81. The van der Waals surface area contributed by atoms with Gasteiger partial charge in [0.15, 0.2) is 0 Å². The van der Waals surface area contributed by atoms with Gasteiger partial charge in [-0.25, -0.2) is 0 Å². The van der Waals surface area contributed by atoms with Crippen molar-refractivity contribution in [3.05, 3.63) is 29.8 Å². The van der Waals surface area contributed by atoms with Gasteiger partial charge >= 0.3 is 0 Å². The van der Waals surface area contributed by atoms with E-state index in [0.29, 0.717) is 6.04 Å². The predicted molar refractivity (Wildman–Crippen MR) is 79.5 cm³/mol. The Hall–Kier alpha value is -1.51. The summed E-state index contributed by atoms with van der Waals surface area (Å²) in [5.41, 5.74) is 7.61. The molecule has 0 saturated heterocycles. The van der Waals surface area contributed by atoms with Gasteiger partial charge < -0.3 is 10.6 Å². The number of anilines is 1. The molecule has 100 valence electrons. The van der Waals surface area contributed by atoms with Crippen molar-refractivity contribution in [2.45, 2.75) is 46.1 Å². The highest BCUT2D eigenvalue weighted by atomic mass is 15.2. The fourth-order valence-corrected chi connectivity index (χ4v) is 2.08. The van der Waals surface area contributed by atoms with E-state index in [-0.39, 0.29) is 5.84 Å². The number of hydrogen-bond donors (Lipinski definition) is 2. The predicted octanol–water partition coefficient (Wildman–Crippen LogP) is 3.38. The molecule has 0 spiro atoms. The second kappa shape index (κ2) is 7.04. The van der Waals surface area contributed by atoms with Crippen molar-refractivity contribution in [3.8, 4) is 0 Å². The maximum absolute atomic E-state index is 7.70. The van der Waals surface area contributed by atoms with E-state index in [9.17, 15) is 0 Å². The standard InChI is InChI=1S/C15H25N3/c1-4-6-11-18(12(3)5-2)14-10-8-7-9-13(14)15(16)17/h7-10,12H,4-6,11H2,1-3H3,(H3,16,17). The summed E-state index contributed by atoms with van der Waals surface area (Å²) in [7, 11) is 0. The minimum Gasteiger partial charge on any atom is -0.384 e. The lowest BCUT2D eigenvalue weighted by Gasteiger charge is -2.32. The molecular formula is C15H25N3. The smallest absolute Gasteiger partial charge is 0.124 e. The Morgan fingerprint density at radius 1 is 1.33 bits per heavy atom. The molecule has 1 atom stereocenters. The number of para-hydroxylation sites is 1. The fourth-order valence-electron chi connectivity index (χ4n) is 2.08. The topological polar surface area (TPSA) is 53.1 Å². The van der Waals surface area contributed by atoms with Gasteiger partial charge in [-0.3, -0.25) is 5.41 Å². The summed E-state index contributed by atoms with van der Waals surface area (Å²) >= 11 is 0. The van der Waals surface area contributed by atoms with Crippen LogP contribution in [0.1, 0.15) is 45.6 Å². The number of amidine groups is 1. The third-order valence-electron chi connectivity index (χ3n) is 3.38. The van der Waals surface area contributed by atoms with Crippen LogP contribution in [-0.4, -0.2) is 18.4 Å². The van der Waals surface area contributed by atoms with Crippen LogP contribution in [0.5, 0.6) is 0 Å². The summed E-state index contributed by atoms with van der Waals surface area (Å²) in [4.78, 5) is 2.38. The van der Waals surface area contributed by atoms with Gasteiger partial charge in [-0.2, -0.15) is 0 Å². The molecule has 3 nitrogen and oxygen atoms in total. The van der Waals surface area contributed by atoms with Crippen LogP contribution < -0.4 is 10.6 Å². The number of benzene rings is 1. The molecule has 1 aromatic carbocycles. The van der Waals surface area contributed by atoms with Gasteiger partial charge in [0, 0.05) is 23.8 Å². The van der Waals surface area contributed by atoms with Gasteiger partial charge in [0.05, 0.1) is 0 Å². The molecule has 18 heavy (non-hydrogen) atoms. The first-order valence-corrected chi connectivity index (χ1v) is 6.81. The normalized spacial score (nSPS) is 12.2. The van der Waals surface area contributed by atoms with E-state index in [1.165, 1.54) is 6.42 Å². The van der Waals surface area contributed by atoms with E-state index >= 15 is 0 Å². The van der Waals surface area contributed by atoms with Crippen molar-refractivity contribution in [1.82, 2.24) is 0 Å². The number of nitrogen functional groups attached to an aromatic ring is 1. The lowest BCUT2D eigenvalue weighted by Crippen LogP contribution is -2.35. The Morgan fingerprint density at radius 3 is 2.56 bits per heavy atom. The molecular weight excluding hydrogens is 222 g/mol. The van der Waals surface area contributed by atoms with Crippen LogP contribution in [0.4, 0.5) is 5.69 Å². The van der Waals surface area contributed by atoms with Crippen molar-refractivity contribution >= 4 is 11.5 Å². The molecule has 0 radical (unpaired) electrons. The monoisotopic (exact) mass is 247 g/mol. The second-order valence-corrected chi connectivity index (χ2v) is 4.74. The van der Waals surface area contributed by atoms with Gasteiger partial charge in [0.2, 0.25) is 0 Å². The maximum Gasteiger partial charge on any atom is 0.124 e. The molecule has 1 aromatic rings. The summed E-state index contributed by atoms with van der Waals surface area (Å²) in [5, 5.41) is 7.70. The van der Waals surface area contributed by atoms with E-state index in [0.717, 1.165) is 30.6 Å². The third-order valence-corrected chi connectivity index (χ3v) is 3.38. The van der Waals surface area contributed by atoms with Gasteiger partial charge in [-0.1, -0.05) is 32.4 Å². The molecule has 1 unspecified atom stereocenters. The van der Waals surface area contributed by atoms with Crippen molar-refractivity contribution in [2.75, 3.05) is 11.4 Å². The molecule has 0 bridgehead atoms. The molecule has 0 aliphatic heterocycles. The van der Waals surface area contributed by atoms with Crippen molar-refractivity contribution in [3.63, 3.8) is 0 Å². The summed E-state index contributed by atoms with van der Waals surface area (Å²) in [6.45, 7) is 7.65. The highest BCUT2D eigenvalue weighted by Gasteiger charge is 2.16. The van der Waals surface area contributed by atoms with Crippen LogP contribution in [0.15, 0.2) is 24.3 Å². The van der Waals surface area contributed by atoms with Gasteiger partial charge in [0.1, 0.15) is 5.84 Å². The zero-order chi connectivity index (χ0) is 13.5. The number of rotatable bonds is 7. The zero-order valence-corrected chi connectivity index (χ0v) is 11.7. The van der Waals surface area contributed by atoms with E-state index < -0.39 is 0 Å². The van der Waals surface area contributed by atoms with E-state index in [1.807, 2.05) is 18.2 Å².